The van der Waals surface area contributed by atoms with E-state index in [0.717, 1.165) is 11.7 Å². The minimum Gasteiger partial charge on any atom is -0.545 e. The Morgan fingerprint density at radius 1 is 0.970 bits per heavy atom. The molecule has 160 valence electrons. The number of halogens is 1. The maximum absolute atomic E-state index is 14.3. The van der Waals surface area contributed by atoms with Gasteiger partial charge in [0, 0.05) is 23.1 Å². The van der Waals surface area contributed by atoms with Crippen LogP contribution < -0.4 is 39.4 Å². The predicted octanol–water partition coefficient (Wildman–Crippen LogP) is 0.472. The van der Waals surface area contributed by atoms with E-state index in [1.165, 1.54) is 19.2 Å². The van der Waals surface area contributed by atoms with Crippen molar-refractivity contribution in [2.24, 2.45) is 0 Å². The number of ketones is 1. The second-order valence-electron chi connectivity index (χ2n) is 6.95. The fourth-order valence-electron chi connectivity index (χ4n) is 3.42. The molecular formula is C24H16FN2NaO4S. The third-order valence-corrected chi connectivity index (χ3v) is 5.51. The number of ether oxygens (including phenoxy) is 1. The zero-order valence-corrected chi connectivity index (χ0v) is 20.7. The van der Waals surface area contributed by atoms with Gasteiger partial charge in [-0.1, -0.05) is 42.5 Å². The molecule has 9 heteroatoms. The van der Waals surface area contributed by atoms with E-state index in [-0.39, 0.29) is 58.4 Å². The molecular weight excluding hydrogens is 454 g/mol. The number of carboxylic acids is 1. The number of aliphatic carboxylic acids is 1. The Hall–Kier alpha value is -2.91. The van der Waals surface area contributed by atoms with Crippen LogP contribution in [0.5, 0.6) is 5.75 Å². The van der Waals surface area contributed by atoms with Crippen molar-refractivity contribution in [1.82, 2.24) is 8.75 Å². The number of rotatable bonds is 7. The Balaban J connectivity index is 0.00000306. The van der Waals surface area contributed by atoms with Gasteiger partial charge in [-0.15, -0.1) is 0 Å². The molecule has 0 aliphatic carbocycles. The summed E-state index contributed by atoms with van der Waals surface area (Å²) < 4.78 is 27.5. The Kier molecular flexibility index (Phi) is 8.10. The summed E-state index contributed by atoms with van der Waals surface area (Å²) in [7, 11) is 1.35. The van der Waals surface area contributed by atoms with Crippen LogP contribution >= 0.6 is 11.7 Å². The summed E-state index contributed by atoms with van der Waals surface area (Å²) in [6, 6.07) is 17.3. The van der Waals surface area contributed by atoms with E-state index in [9.17, 15) is 19.1 Å². The van der Waals surface area contributed by atoms with Gasteiger partial charge < -0.3 is 14.6 Å². The van der Waals surface area contributed by atoms with Crippen LogP contribution in [0.3, 0.4) is 0 Å². The van der Waals surface area contributed by atoms with Crippen molar-refractivity contribution < 1.29 is 53.4 Å². The van der Waals surface area contributed by atoms with Crippen LogP contribution in [0.2, 0.25) is 0 Å². The number of fused-ring (bicyclic) bond motifs is 1. The van der Waals surface area contributed by atoms with E-state index < -0.39 is 17.6 Å². The molecule has 4 rings (SSSR count). The number of Topliss-reactive ketones (excluding diaryl/α,β-unsaturated/α-hetero) is 1. The molecule has 3 aromatic carbocycles. The largest absolute Gasteiger partial charge is 1.00 e. The number of methoxy groups -OCH3 is 1. The molecule has 0 fully saturated rings. The minimum atomic E-state index is -1.51. The van der Waals surface area contributed by atoms with Crippen molar-refractivity contribution in [3.63, 3.8) is 0 Å². The summed E-state index contributed by atoms with van der Waals surface area (Å²) in [5.41, 5.74) is 1.81. The van der Waals surface area contributed by atoms with Gasteiger partial charge in [-0.3, -0.25) is 4.79 Å². The van der Waals surface area contributed by atoms with Crippen LogP contribution in [0, 0.1) is 5.82 Å². The van der Waals surface area contributed by atoms with Gasteiger partial charge in [0.1, 0.15) is 11.0 Å². The molecule has 6 nitrogen and oxygen atoms in total. The van der Waals surface area contributed by atoms with Gasteiger partial charge >= 0.3 is 29.6 Å². The SMILES string of the molecule is COc1ccc(C/C(C(=O)c2ccccc2)=C(\C(=O)[O-])c2ccc3nsnc3c2)cc1F.[Na+]. The first-order valence-corrected chi connectivity index (χ1v) is 10.3. The molecule has 0 spiro atoms. The molecule has 4 aromatic rings. The van der Waals surface area contributed by atoms with E-state index >= 15 is 0 Å². The van der Waals surface area contributed by atoms with E-state index in [1.807, 2.05) is 0 Å². The summed E-state index contributed by atoms with van der Waals surface area (Å²) in [6.07, 6.45) is -0.120. The molecule has 0 saturated carbocycles. The number of hydrogen-bond acceptors (Lipinski definition) is 7. The first-order chi connectivity index (χ1) is 15.5. The van der Waals surface area contributed by atoms with Crippen LogP contribution in [0.25, 0.3) is 16.6 Å². The van der Waals surface area contributed by atoms with E-state index in [4.69, 9.17) is 4.74 Å². The summed E-state index contributed by atoms with van der Waals surface area (Å²) in [6.45, 7) is 0. The van der Waals surface area contributed by atoms with Crippen molar-refractivity contribution in [3.05, 3.63) is 94.8 Å². The number of nitrogens with zero attached hydrogens (tertiary/aromatic N) is 2. The molecule has 0 aliphatic rings. The van der Waals surface area contributed by atoms with Gasteiger partial charge in [0.25, 0.3) is 0 Å². The molecule has 0 N–H and O–H groups in total. The Bertz CT molecular complexity index is 1360. The standard InChI is InChI=1S/C24H17FN2O4S.Na/c1-31-21-10-7-14(12-18(21)25)11-17(23(28)15-5-3-2-4-6-15)22(24(29)30)16-8-9-19-20(13-16)27-32-26-19;/h2-10,12-13H,11H2,1H3,(H,29,30);/q;+1/p-1/b22-17+;. The fourth-order valence-corrected chi connectivity index (χ4v) is 3.94. The van der Waals surface area contributed by atoms with Crippen LogP contribution in [-0.2, 0) is 11.2 Å². The average molecular weight is 470 g/mol. The van der Waals surface area contributed by atoms with Crippen molar-refractivity contribution in [2.45, 2.75) is 6.42 Å². The quantitative estimate of drug-likeness (QED) is 0.222. The third kappa shape index (κ3) is 5.36. The van der Waals surface area contributed by atoms with Crippen molar-refractivity contribution in [2.75, 3.05) is 7.11 Å². The summed E-state index contributed by atoms with van der Waals surface area (Å²) in [5.74, 6) is -2.56. The predicted molar refractivity (Wildman–Crippen MR) is 117 cm³/mol. The normalized spacial score (nSPS) is 11.5. The van der Waals surface area contributed by atoms with Gasteiger partial charge in [-0.05, 0) is 35.4 Å². The zero-order valence-electron chi connectivity index (χ0n) is 17.9. The number of carbonyl (C=O) groups excluding carboxylic acids is 2. The van der Waals surface area contributed by atoms with Crippen LogP contribution in [0.4, 0.5) is 4.39 Å². The smallest absolute Gasteiger partial charge is 0.545 e. The topological polar surface area (TPSA) is 92.2 Å². The van der Waals surface area contributed by atoms with Crippen molar-refractivity contribution >= 4 is 40.1 Å². The first kappa shape index (κ1) is 24.7. The summed E-state index contributed by atoms with van der Waals surface area (Å²) in [4.78, 5) is 25.7. The minimum absolute atomic E-state index is 0. The van der Waals surface area contributed by atoms with Crippen molar-refractivity contribution in [1.29, 1.82) is 0 Å². The first-order valence-electron chi connectivity index (χ1n) is 9.57. The number of carbonyl (C=O) groups is 2. The second kappa shape index (κ2) is 10.8. The molecule has 0 unspecified atom stereocenters. The van der Waals surface area contributed by atoms with Crippen LogP contribution in [0.1, 0.15) is 21.5 Å². The van der Waals surface area contributed by atoms with Gasteiger partial charge in [0.05, 0.1) is 24.8 Å². The van der Waals surface area contributed by atoms with Gasteiger partial charge in [0.15, 0.2) is 17.3 Å². The van der Waals surface area contributed by atoms with Crippen LogP contribution in [0.15, 0.2) is 72.3 Å². The Morgan fingerprint density at radius 2 is 1.70 bits per heavy atom. The number of benzene rings is 3. The van der Waals surface area contributed by atoms with E-state index in [0.29, 0.717) is 22.2 Å². The average Bonchev–Trinajstić information content (AvgIpc) is 3.27. The maximum atomic E-state index is 14.3. The Morgan fingerprint density at radius 3 is 2.36 bits per heavy atom. The number of carboxylic acid groups (broad SMARTS) is 1. The monoisotopic (exact) mass is 470 g/mol. The second-order valence-corrected chi connectivity index (χ2v) is 7.48. The molecule has 0 atom stereocenters. The molecule has 0 amide bonds. The number of allylic oxidation sites excluding steroid dienone is 1. The summed E-state index contributed by atoms with van der Waals surface area (Å²) in [5, 5.41) is 12.3. The third-order valence-electron chi connectivity index (χ3n) is 4.96. The van der Waals surface area contributed by atoms with Crippen molar-refractivity contribution in [3.8, 4) is 5.75 Å². The van der Waals surface area contributed by atoms with Gasteiger partial charge in [-0.25, -0.2) is 4.39 Å². The van der Waals surface area contributed by atoms with E-state index in [1.54, 1.807) is 54.6 Å². The molecule has 1 aromatic heterocycles. The number of hydrogen-bond donors (Lipinski definition) is 0. The van der Waals surface area contributed by atoms with Gasteiger partial charge in [0.2, 0.25) is 0 Å². The molecule has 0 radical (unpaired) electrons. The molecule has 0 bridgehead atoms. The molecule has 33 heavy (non-hydrogen) atoms. The summed E-state index contributed by atoms with van der Waals surface area (Å²) >= 11 is 1.00. The zero-order chi connectivity index (χ0) is 22.7. The van der Waals surface area contributed by atoms with Gasteiger partial charge in [-0.2, -0.15) is 8.75 Å². The molecule has 0 saturated heterocycles. The van der Waals surface area contributed by atoms with Crippen LogP contribution in [-0.4, -0.2) is 27.6 Å². The number of aromatic nitrogens is 2. The maximum Gasteiger partial charge on any atom is 1.00 e. The Labute approximate surface area is 215 Å². The molecule has 0 aliphatic heterocycles. The molecule has 1 heterocycles. The van der Waals surface area contributed by atoms with E-state index in [2.05, 4.69) is 8.75 Å². The fraction of sp³-hybridized carbons (Fsp3) is 0.0833.